The van der Waals surface area contributed by atoms with Crippen molar-refractivity contribution in [1.29, 1.82) is 0 Å². The van der Waals surface area contributed by atoms with E-state index in [-0.39, 0.29) is 23.3 Å². The summed E-state index contributed by atoms with van der Waals surface area (Å²) >= 11 is 0. The van der Waals surface area contributed by atoms with Crippen LogP contribution < -0.4 is 5.32 Å². The second-order valence-electron chi connectivity index (χ2n) is 7.81. The zero-order valence-corrected chi connectivity index (χ0v) is 16.6. The van der Waals surface area contributed by atoms with Gasteiger partial charge in [0.05, 0.1) is 17.9 Å². The Morgan fingerprint density at radius 1 is 1.04 bits per heavy atom. The molecule has 0 spiro atoms. The average molecular weight is 375 g/mol. The van der Waals surface area contributed by atoms with Crippen LogP contribution in [0.5, 0.6) is 0 Å². The van der Waals surface area contributed by atoms with E-state index < -0.39 is 0 Å². The van der Waals surface area contributed by atoms with Crippen LogP contribution in [-0.2, 0) is 9.53 Å². The van der Waals surface area contributed by atoms with Gasteiger partial charge in [-0.3, -0.25) is 9.59 Å². The zero-order chi connectivity index (χ0) is 20.0. The van der Waals surface area contributed by atoms with Crippen LogP contribution in [-0.4, -0.2) is 60.5 Å². The highest BCUT2D eigenvalue weighted by molar-refractivity contribution is 6.03. The van der Waals surface area contributed by atoms with Crippen LogP contribution >= 0.6 is 0 Å². The number of piperazine rings is 1. The van der Waals surface area contributed by atoms with Crippen LogP contribution in [0.2, 0.25) is 0 Å². The molecule has 0 bridgehead atoms. The predicted octanol–water partition coefficient (Wildman–Crippen LogP) is 2.98. The Morgan fingerprint density at radius 2 is 1.63 bits per heavy atom. The summed E-state index contributed by atoms with van der Waals surface area (Å²) < 4.78 is 5.00. The Balaban J connectivity index is 2.03. The number of benzene rings is 1. The maximum absolute atomic E-state index is 12.9. The fourth-order valence-corrected chi connectivity index (χ4v) is 2.93. The number of amides is 3. The number of nitrogens with one attached hydrogen (secondary N) is 1. The second-order valence-corrected chi connectivity index (χ2v) is 7.81. The van der Waals surface area contributed by atoms with Gasteiger partial charge in [-0.05, 0) is 24.5 Å². The number of hydrogen-bond acceptors (Lipinski definition) is 4. The summed E-state index contributed by atoms with van der Waals surface area (Å²) in [4.78, 5) is 40.3. The molecule has 1 aliphatic heterocycles. The average Bonchev–Trinajstić information content (AvgIpc) is 2.60. The summed E-state index contributed by atoms with van der Waals surface area (Å²) in [5.41, 5.74) is 0.848. The molecule has 1 aliphatic rings. The van der Waals surface area contributed by atoms with Crippen molar-refractivity contribution in [2.75, 3.05) is 38.1 Å². The number of carbonyl (C=O) groups is 3. The molecule has 27 heavy (non-hydrogen) atoms. The molecule has 148 valence electrons. The normalized spacial score (nSPS) is 14.7. The molecule has 1 heterocycles. The second kappa shape index (κ2) is 8.88. The van der Waals surface area contributed by atoms with E-state index >= 15 is 0 Å². The minimum absolute atomic E-state index is 0.116. The molecule has 1 N–H and O–H groups in total. The largest absolute Gasteiger partial charge is 0.450 e. The van der Waals surface area contributed by atoms with Crippen molar-refractivity contribution in [2.45, 2.75) is 34.1 Å². The van der Waals surface area contributed by atoms with Gasteiger partial charge in [-0.1, -0.05) is 32.9 Å². The minimum Gasteiger partial charge on any atom is -0.450 e. The van der Waals surface area contributed by atoms with Crippen LogP contribution in [0.1, 0.15) is 44.5 Å². The summed E-state index contributed by atoms with van der Waals surface area (Å²) in [6.45, 7) is 9.81. The molecule has 2 rings (SSSR count). The lowest BCUT2D eigenvalue weighted by Gasteiger charge is -2.34. The third-order valence-electron chi connectivity index (χ3n) is 4.22. The van der Waals surface area contributed by atoms with Gasteiger partial charge in [0, 0.05) is 32.6 Å². The highest BCUT2D eigenvalue weighted by Gasteiger charge is 2.27. The van der Waals surface area contributed by atoms with Crippen molar-refractivity contribution >= 4 is 23.6 Å². The molecular weight excluding hydrogens is 346 g/mol. The zero-order valence-electron chi connectivity index (χ0n) is 16.6. The Hall–Kier alpha value is -2.57. The van der Waals surface area contributed by atoms with Gasteiger partial charge in [-0.25, -0.2) is 4.79 Å². The lowest BCUT2D eigenvalue weighted by atomic mass is 9.92. The maximum atomic E-state index is 12.9. The fraction of sp³-hybridized carbons (Fsp3) is 0.550. The van der Waals surface area contributed by atoms with Crippen molar-refractivity contribution in [3.8, 4) is 0 Å². The van der Waals surface area contributed by atoms with Crippen molar-refractivity contribution < 1.29 is 19.1 Å². The number of carbonyl (C=O) groups excluding carboxylic acids is 3. The van der Waals surface area contributed by atoms with E-state index in [4.69, 9.17) is 4.74 Å². The van der Waals surface area contributed by atoms with Crippen LogP contribution in [0.15, 0.2) is 24.3 Å². The number of para-hydroxylation sites is 1. The molecule has 1 saturated heterocycles. The van der Waals surface area contributed by atoms with Gasteiger partial charge in [-0.2, -0.15) is 0 Å². The van der Waals surface area contributed by atoms with E-state index in [1.807, 2.05) is 20.8 Å². The summed E-state index contributed by atoms with van der Waals surface area (Å²) in [6.07, 6.45) is 0.0211. The lowest BCUT2D eigenvalue weighted by molar-refractivity contribution is -0.117. The smallest absolute Gasteiger partial charge is 0.409 e. The number of nitrogens with zero attached hydrogens (tertiary/aromatic N) is 2. The lowest BCUT2D eigenvalue weighted by Crippen LogP contribution is -2.50. The Kier molecular flexibility index (Phi) is 6.82. The first-order chi connectivity index (χ1) is 12.7. The maximum Gasteiger partial charge on any atom is 0.409 e. The van der Waals surface area contributed by atoms with E-state index in [0.29, 0.717) is 50.5 Å². The number of anilines is 1. The minimum atomic E-state index is -0.348. The number of rotatable bonds is 4. The highest BCUT2D eigenvalue weighted by Crippen LogP contribution is 2.22. The first-order valence-electron chi connectivity index (χ1n) is 9.31. The molecule has 7 heteroatoms. The first kappa shape index (κ1) is 20.7. The van der Waals surface area contributed by atoms with Crippen molar-refractivity contribution in [3.05, 3.63) is 29.8 Å². The Morgan fingerprint density at radius 3 is 2.22 bits per heavy atom. The molecule has 0 aliphatic carbocycles. The van der Waals surface area contributed by atoms with Crippen LogP contribution in [0.25, 0.3) is 0 Å². The molecule has 0 saturated carbocycles. The van der Waals surface area contributed by atoms with Crippen molar-refractivity contribution in [2.24, 2.45) is 5.41 Å². The molecule has 0 radical (unpaired) electrons. The Labute approximate surface area is 160 Å². The third-order valence-corrected chi connectivity index (χ3v) is 4.22. The molecule has 7 nitrogen and oxygen atoms in total. The number of hydrogen-bond donors (Lipinski definition) is 1. The monoisotopic (exact) mass is 375 g/mol. The van der Waals surface area contributed by atoms with Crippen LogP contribution in [0, 0.1) is 5.41 Å². The quantitative estimate of drug-likeness (QED) is 0.877. The SMILES string of the molecule is CCOC(=O)N1CCN(C(=O)c2ccccc2NC(=O)CC(C)(C)C)CC1. The molecule has 3 amide bonds. The molecule has 0 aromatic heterocycles. The third kappa shape index (κ3) is 5.98. The van der Waals surface area contributed by atoms with E-state index in [9.17, 15) is 14.4 Å². The van der Waals surface area contributed by atoms with Gasteiger partial charge in [-0.15, -0.1) is 0 Å². The topological polar surface area (TPSA) is 79.0 Å². The van der Waals surface area contributed by atoms with E-state index in [1.54, 1.807) is 41.0 Å². The van der Waals surface area contributed by atoms with Gasteiger partial charge in [0.15, 0.2) is 0 Å². The summed E-state index contributed by atoms with van der Waals surface area (Å²) in [7, 11) is 0. The Bertz CT molecular complexity index is 689. The van der Waals surface area contributed by atoms with Crippen LogP contribution in [0.3, 0.4) is 0 Å². The summed E-state index contributed by atoms with van der Waals surface area (Å²) in [6, 6.07) is 7.03. The predicted molar refractivity (Wildman–Crippen MR) is 104 cm³/mol. The number of ether oxygens (including phenoxy) is 1. The summed E-state index contributed by atoms with van der Waals surface area (Å²) in [5.74, 6) is -0.264. The molecule has 1 aromatic carbocycles. The van der Waals surface area contributed by atoms with Crippen molar-refractivity contribution in [1.82, 2.24) is 9.80 Å². The van der Waals surface area contributed by atoms with Gasteiger partial charge in [0.2, 0.25) is 5.91 Å². The van der Waals surface area contributed by atoms with Gasteiger partial charge < -0.3 is 19.9 Å². The van der Waals surface area contributed by atoms with E-state index in [2.05, 4.69) is 5.32 Å². The molecule has 1 fully saturated rings. The molecule has 1 aromatic rings. The highest BCUT2D eigenvalue weighted by atomic mass is 16.6. The van der Waals surface area contributed by atoms with Gasteiger partial charge in [0.25, 0.3) is 5.91 Å². The van der Waals surface area contributed by atoms with Gasteiger partial charge >= 0.3 is 6.09 Å². The molecule has 0 unspecified atom stereocenters. The standard InChI is InChI=1S/C20H29N3O4/c1-5-27-19(26)23-12-10-22(11-13-23)18(25)15-8-6-7-9-16(15)21-17(24)14-20(2,3)4/h6-9H,5,10-14H2,1-4H3,(H,21,24). The van der Waals surface area contributed by atoms with Crippen LogP contribution in [0.4, 0.5) is 10.5 Å². The van der Waals surface area contributed by atoms with Gasteiger partial charge in [0.1, 0.15) is 0 Å². The van der Waals surface area contributed by atoms with E-state index in [0.717, 1.165) is 0 Å². The first-order valence-corrected chi connectivity index (χ1v) is 9.31. The van der Waals surface area contributed by atoms with Crippen molar-refractivity contribution in [3.63, 3.8) is 0 Å². The fourth-order valence-electron chi connectivity index (χ4n) is 2.93. The van der Waals surface area contributed by atoms with E-state index in [1.165, 1.54) is 0 Å². The summed E-state index contributed by atoms with van der Waals surface area (Å²) in [5, 5.41) is 2.86. The molecular formula is C20H29N3O4. The molecule has 0 atom stereocenters.